The third kappa shape index (κ3) is 22.9. The molecule has 0 amide bonds. The molecule has 0 unspecified atom stereocenters. The van der Waals surface area contributed by atoms with Gasteiger partial charge in [0.05, 0.1) is 42.5 Å². The second-order valence-corrected chi connectivity index (χ2v) is 19.7. The number of nitrogen functional groups attached to an aromatic ring is 2. The number of sulfone groups is 1. The molecular formula is C51H75F3N12O12S. The van der Waals surface area contributed by atoms with Crippen LogP contribution < -0.4 is 26.0 Å². The number of alkyl halides is 3. The van der Waals surface area contributed by atoms with Gasteiger partial charge in [-0.2, -0.15) is 33.1 Å². The van der Waals surface area contributed by atoms with Gasteiger partial charge in [0.1, 0.15) is 0 Å². The first-order valence-corrected chi connectivity index (χ1v) is 26.9. The average molecular weight is 1140 g/mol. The fraction of sp³-hybridized carbons (Fsp3) is 0.549. The lowest BCUT2D eigenvalue weighted by Crippen LogP contribution is -2.29. The zero-order chi connectivity index (χ0) is 56.7. The first-order valence-electron chi connectivity index (χ1n) is 25.0. The number of aldehydes is 1. The molecule has 2 aromatic heterocycles. The largest absolute Gasteiger partial charge is 0.466 e. The van der Waals surface area contributed by atoms with Crippen molar-refractivity contribution in [3.8, 4) is 6.01 Å². The van der Waals surface area contributed by atoms with Crippen LogP contribution in [0.2, 0.25) is 0 Å². The van der Waals surface area contributed by atoms with Gasteiger partial charge in [-0.1, -0.05) is 76.7 Å². The number of likely N-dealkylation sites (tertiary alicyclic amines) is 2. The Bertz CT molecular complexity index is 2730. The molecule has 0 bridgehead atoms. The minimum absolute atomic E-state index is 0. The molecule has 2 saturated heterocycles. The number of anilines is 4. The number of benzene rings is 2. The van der Waals surface area contributed by atoms with Crippen LogP contribution in [0.5, 0.6) is 6.01 Å². The van der Waals surface area contributed by atoms with Crippen molar-refractivity contribution in [2.75, 3.05) is 86.6 Å². The van der Waals surface area contributed by atoms with Crippen molar-refractivity contribution in [1.29, 1.82) is 0 Å². The van der Waals surface area contributed by atoms with E-state index in [0.29, 0.717) is 13.2 Å². The highest BCUT2D eigenvalue weighted by atomic mass is 32.2. The summed E-state index contributed by atoms with van der Waals surface area (Å²) in [6, 6.07) is 15.8. The number of aromatic nitrogens is 4. The van der Waals surface area contributed by atoms with Crippen molar-refractivity contribution in [1.82, 2.24) is 29.7 Å². The normalized spacial score (nSPS) is 13.3. The van der Waals surface area contributed by atoms with Crippen molar-refractivity contribution in [2.45, 2.75) is 125 Å². The molecule has 28 heteroatoms. The van der Waals surface area contributed by atoms with Gasteiger partial charge >= 0.3 is 35.5 Å². The van der Waals surface area contributed by atoms with E-state index in [1.54, 1.807) is 18.7 Å². The lowest BCUT2D eigenvalue weighted by atomic mass is 10.1. The number of halogens is 3. The van der Waals surface area contributed by atoms with E-state index in [1.165, 1.54) is 36.1 Å². The Balaban J connectivity index is 0.000000478. The summed E-state index contributed by atoms with van der Waals surface area (Å²) in [5, 5.41) is 23.1. The molecular weight excluding hydrogens is 1060 g/mol. The molecule has 6 rings (SSSR count). The van der Waals surface area contributed by atoms with E-state index < -0.39 is 66.4 Å². The molecule has 4 heterocycles. The minimum Gasteiger partial charge on any atom is -0.466 e. The smallest absolute Gasteiger partial charge is 0.446 e. The third-order valence-corrected chi connectivity index (χ3v) is 12.5. The van der Waals surface area contributed by atoms with E-state index in [2.05, 4.69) is 41.9 Å². The van der Waals surface area contributed by atoms with Crippen LogP contribution in [-0.2, 0) is 59.9 Å². The van der Waals surface area contributed by atoms with E-state index in [9.17, 15) is 51.4 Å². The highest BCUT2D eigenvalue weighted by Crippen LogP contribution is 2.35. The number of carbonyl (C=O) groups excluding carboxylic acids is 3. The molecule has 0 saturated carbocycles. The monoisotopic (exact) mass is 1140 g/mol. The number of nitrogens with two attached hydrogens (primary N) is 2. The van der Waals surface area contributed by atoms with Crippen LogP contribution in [0.1, 0.15) is 109 Å². The summed E-state index contributed by atoms with van der Waals surface area (Å²) >= 11 is 0. The second-order valence-electron chi connectivity index (χ2n) is 17.8. The maximum Gasteiger partial charge on any atom is 0.446 e. The maximum absolute atomic E-state index is 12.1. The summed E-state index contributed by atoms with van der Waals surface area (Å²) in [5.41, 5.74) is 14.8. The number of rotatable bonds is 25. The van der Waals surface area contributed by atoms with Crippen molar-refractivity contribution in [3.63, 3.8) is 0 Å². The number of nitrogens with zero attached hydrogens (tertiary/aromatic N) is 10. The van der Waals surface area contributed by atoms with E-state index in [0.717, 1.165) is 75.1 Å². The van der Waals surface area contributed by atoms with Crippen molar-refractivity contribution in [2.24, 2.45) is 0 Å². The maximum atomic E-state index is 12.1. The highest BCUT2D eigenvalue weighted by Gasteiger charge is 2.32. The Morgan fingerprint density at radius 1 is 0.722 bits per heavy atom. The summed E-state index contributed by atoms with van der Waals surface area (Å²) in [7, 11) is -3.91. The Kier molecular flexibility index (Phi) is 28.5. The molecule has 24 nitrogen and oxygen atoms in total. The standard InChI is InChI=1S/C25H36N6O5.C22H30N6O6S.C2HF3O.2CH4/c1-3-5-15-36-25-27-23(26)22(31(33)34)24(28-25)30(14-11-21(32)35-4-2)18-20-10-8-9-19(16-20)17-29-12-6-7-13-29;1-3-34-18(29)9-12-27(15-17-8-6-7-16(13-17)14-26-10-4-5-11-26)21-19(28(30)31)20(23)24-22(25-21)35(2,32)33;3-2(4,5)1-6;;/h8-10,16H,3-7,11-15,17-18H2,1-2H3,(H2,26,27,28);6-8,13H,3-5,9-12,14-15H2,1-2H3,(H2,23,24,25);1H;2*1H4. The average Bonchev–Trinajstić information content (AvgIpc) is 4.09. The van der Waals surface area contributed by atoms with Crippen LogP contribution >= 0.6 is 0 Å². The van der Waals surface area contributed by atoms with E-state index in [-0.39, 0.29) is 84.0 Å². The van der Waals surface area contributed by atoms with E-state index in [1.807, 2.05) is 43.3 Å². The Morgan fingerprint density at radius 2 is 1.13 bits per heavy atom. The molecule has 79 heavy (non-hydrogen) atoms. The number of nitro groups is 2. The summed E-state index contributed by atoms with van der Waals surface area (Å²) in [5.74, 6) is -1.97. The zero-order valence-corrected chi connectivity index (χ0v) is 44.4. The van der Waals surface area contributed by atoms with Crippen molar-refractivity contribution >= 4 is 62.7 Å². The Hall–Kier alpha value is -7.33. The topological polar surface area (TPSA) is 316 Å². The molecule has 2 aliphatic heterocycles. The Morgan fingerprint density at radius 3 is 1.51 bits per heavy atom. The predicted molar refractivity (Wildman–Crippen MR) is 292 cm³/mol. The molecule has 2 aromatic carbocycles. The molecule has 0 atom stereocenters. The van der Waals surface area contributed by atoms with Crippen LogP contribution in [0.4, 0.5) is 47.8 Å². The van der Waals surface area contributed by atoms with Gasteiger partial charge < -0.3 is 35.5 Å². The van der Waals surface area contributed by atoms with Crippen LogP contribution in [0.15, 0.2) is 53.7 Å². The molecule has 438 valence electrons. The summed E-state index contributed by atoms with van der Waals surface area (Å²) < 4.78 is 71.2. The van der Waals surface area contributed by atoms with E-state index in [4.69, 9.17) is 30.5 Å². The quantitative estimate of drug-likeness (QED) is 0.0161. The van der Waals surface area contributed by atoms with Gasteiger partial charge in [0, 0.05) is 45.5 Å². The third-order valence-electron chi connectivity index (χ3n) is 11.6. The highest BCUT2D eigenvalue weighted by molar-refractivity contribution is 7.90. The van der Waals surface area contributed by atoms with E-state index >= 15 is 0 Å². The molecule has 0 aliphatic carbocycles. The molecule has 0 spiro atoms. The van der Waals surface area contributed by atoms with Gasteiger partial charge in [0.15, 0.2) is 0 Å². The van der Waals surface area contributed by atoms with Gasteiger partial charge in [-0.15, -0.1) is 0 Å². The van der Waals surface area contributed by atoms with Gasteiger partial charge in [0.25, 0.3) is 5.16 Å². The van der Waals surface area contributed by atoms with Crippen LogP contribution in [0.25, 0.3) is 0 Å². The molecule has 2 fully saturated rings. The summed E-state index contributed by atoms with van der Waals surface area (Å²) in [4.78, 5) is 79.2. The lowest BCUT2D eigenvalue weighted by molar-refractivity contribution is -0.383. The number of hydrogen-bond acceptors (Lipinski definition) is 22. The fourth-order valence-electron chi connectivity index (χ4n) is 8.14. The molecule has 2 aliphatic rings. The molecule has 0 radical (unpaired) electrons. The molecule has 4 N–H and O–H groups in total. The first kappa shape index (κ1) is 67.8. The van der Waals surface area contributed by atoms with Crippen LogP contribution in [-0.4, -0.2) is 138 Å². The number of hydrogen-bond donors (Lipinski definition) is 2. The number of unbranched alkanes of at least 4 members (excludes halogenated alkanes) is 1. The summed E-state index contributed by atoms with van der Waals surface area (Å²) in [6.45, 7) is 12.7. The van der Waals surface area contributed by atoms with Crippen molar-refractivity contribution < 1.29 is 60.0 Å². The van der Waals surface area contributed by atoms with Crippen molar-refractivity contribution in [3.05, 3.63) is 91.0 Å². The zero-order valence-electron chi connectivity index (χ0n) is 43.6. The van der Waals surface area contributed by atoms with Gasteiger partial charge in [-0.3, -0.25) is 44.4 Å². The van der Waals surface area contributed by atoms with Crippen LogP contribution in [0.3, 0.4) is 0 Å². The van der Waals surface area contributed by atoms with Gasteiger partial charge in [-0.05, 0) is 94.4 Å². The second kappa shape index (κ2) is 33.2. The number of esters is 2. The minimum atomic E-state index is -4.64. The lowest BCUT2D eigenvalue weighted by Gasteiger charge is -2.24. The molecule has 4 aromatic rings. The fourth-order valence-corrected chi connectivity index (χ4v) is 8.65. The predicted octanol–water partition coefficient (Wildman–Crippen LogP) is 7.65. The summed E-state index contributed by atoms with van der Waals surface area (Å²) in [6.07, 6.45) is 1.60. The Labute approximate surface area is 459 Å². The van der Waals surface area contributed by atoms with Gasteiger partial charge in [-0.25, -0.2) is 8.42 Å². The first-order chi connectivity index (χ1) is 36.5. The number of ether oxygens (including phenoxy) is 3. The van der Waals surface area contributed by atoms with Crippen LogP contribution in [0, 0.1) is 20.2 Å². The van der Waals surface area contributed by atoms with Gasteiger partial charge in [0.2, 0.25) is 39.4 Å². The SMILES string of the molecule is C.C.CCCCOc1nc(N)c([N+](=O)[O-])c(N(CCC(=O)OCC)Cc2cccc(CN3CCCC3)c2)n1.CCOC(=O)CCN(Cc1cccc(CN2CCCC2)c1)c1nc(S(C)(=O)=O)nc(N)c1[N+](=O)[O-].O=CC(F)(F)F. The number of carbonyl (C=O) groups is 3.